The fourth-order valence-electron chi connectivity index (χ4n) is 2.21. The molecule has 0 aromatic heterocycles. The topological polar surface area (TPSA) is 0 Å². The number of hydrogen-bond donors (Lipinski definition) is 0. The molecule has 0 heterocycles. The van der Waals surface area contributed by atoms with E-state index in [1.807, 2.05) is 0 Å². The van der Waals surface area contributed by atoms with Crippen molar-refractivity contribution in [3.8, 4) is 0 Å². The molecule has 0 saturated heterocycles. The van der Waals surface area contributed by atoms with Gasteiger partial charge >= 0.3 is 11.8 Å². The monoisotopic (exact) mass is 438 g/mol. The number of alkyl halides is 6. The van der Waals surface area contributed by atoms with Crippen molar-refractivity contribution < 1.29 is 17.6 Å². The first kappa shape index (κ1) is 17.5. The molecule has 0 nitrogen and oxygen atoms in total. The molecule has 0 fully saturated rings. The molecule has 0 bridgehead atoms. The lowest BCUT2D eigenvalue weighted by Crippen LogP contribution is -2.36. The Morgan fingerprint density at radius 2 is 1.36 bits per heavy atom. The van der Waals surface area contributed by atoms with Crippen LogP contribution < -0.4 is 0 Å². The largest absolute Gasteiger partial charge is 0.340 e. The zero-order valence-electron chi connectivity index (χ0n) is 11.3. The standard InChI is InChI=1S/C16H12Br2F4/c17-9-11-5-4-8-14(13(11)10-18)16(21,22)15(19,20)12-6-2-1-3-7-12/h1-8H,9-10H2. The van der Waals surface area contributed by atoms with Crippen molar-refractivity contribution in [1.82, 2.24) is 0 Å². The van der Waals surface area contributed by atoms with Crippen molar-refractivity contribution in [1.29, 1.82) is 0 Å². The minimum atomic E-state index is -4.31. The van der Waals surface area contributed by atoms with Gasteiger partial charge in [-0.05, 0) is 11.1 Å². The van der Waals surface area contributed by atoms with Crippen molar-refractivity contribution in [3.63, 3.8) is 0 Å². The first-order chi connectivity index (χ1) is 10.4. The number of hydrogen-bond acceptors (Lipinski definition) is 0. The molecule has 0 saturated carbocycles. The van der Waals surface area contributed by atoms with Crippen LogP contribution in [-0.4, -0.2) is 0 Å². The first-order valence-electron chi connectivity index (χ1n) is 6.40. The van der Waals surface area contributed by atoms with Crippen molar-refractivity contribution in [2.75, 3.05) is 0 Å². The third kappa shape index (κ3) is 2.95. The number of benzene rings is 2. The van der Waals surface area contributed by atoms with Crippen LogP contribution in [0.1, 0.15) is 22.3 Å². The second kappa shape index (κ2) is 6.71. The highest BCUT2D eigenvalue weighted by Gasteiger charge is 2.59. The molecule has 0 spiro atoms. The summed E-state index contributed by atoms with van der Waals surface area (Å²) in [4.78, 5) is 0. The minimum Gasteiger partial charge on any atom is -0.194 e. The summed E-state index contributed by atoms with van der Waals surface area (Å²) < 4.78 is 58.0. The quantitative estimate of drug-likeness (QED) is 0.375. The van der Waals surface area contributed by atoms with Gasteiger partial charge in [-0.15, -0.1) is 0 Å². The minimum absolute atomic E-state index is 0.0740. The summed E-state index contributed by atoms with van der Waals surface area (Å²) in [5.41, 5.74) is -0.627. The van der Waals surface area contributed by atoms with Crippen molar-refractivity contribution >= 4 is 31.9 Å². The molecular formula is C16H12Br2F4. The second-order valence-electron chi connectivity index (χ2n) is 4.73. The Hall–Kier alpha value is -0.880. The molecule has 2 aromatic rings. The van der Waals surface area contributed by atoms with Gasteiger partial charge in [-0.25, -0.2) is 0 Å². The summed E-state index contributed by atoms with van der Waals surface area (Å²) >= 11 is 6.31. The van der Waals surface area contributed by atoms with Crippen LogP contribution in [0.2, 0.25) is 0 Å². The van der Waals surface area contributed by atoms with Gasteiger partial charge in [0.1, 0.15) is 0 Å². The lowest BCUT2D eigenvalue weighted by atomic mass is 9.91. The van der Waals surface area contributed by atoms with Crippen LogP contribution in [0.25, 0.3) is 0 Å². The lowest BCUT2D eigenvalue weighted by Gasteiger charge is -2.29. The third-order valence-corrected chi connectivity index (χ3v) is 4.58. The Balaban J connectivity index is 2.60. The van der Waals surface area contributed by atoms with Gasteiger partial charge in [0.2, 0.25) is 0 Å². The molecule has 0 N–H and O–H groups in total. The fraction of sp³-hybridized carbons (Fsp3) is 0.250. The summed E-state index contributed by atoms with van der Waals surface area (Å²) in [7, 11) is 0. The van der Waals surface area contributed by atoms with Gasteiger partial charge in [0.25, 0.3) is 0 Å². The smallest absolute Gasteiger partial charge is 0.194 e. The highest BCUT2D eigenvalue weighted by Crippen LogP contribution is 2.51. The molecule has 2 rings (SSSR count). The van der Waals surface area contributed by atoms with E-state index in [4.69, 9.17) is 0 Å². The molecule has 0 aliphatic carbocycles. The van der Waals surface area contributed by atoms with E-state index in [-0.39, 0.29) is 10.9 Å². The Kier molecular flexibility index (Phi) is 5.33. The maximum absolute atomic E-state index is 14.6. The number of rotatable bonds is 5. The molecular weight excluding hydrogens is 428 g/mol. The highest BCUT2D eigenvalue weighted by atomic mass is 79.9. The van der Waals surface area contributed by atoms with E-state index in [0.717, 1.165) is 18.2 Å². The molecule has 0 atom stereocenters. The van der Waals surface area contributed by atoms with Crippen LogP contribution in [0.15, 0.2) is 48.5 Å². The van der Waals surface area contributed by atoms with E-state index in [9.17, 15) is 17.6 Å². The van der Waals surface area contributed by atoms with Gasteiger partial charge in [0.15, 0.2) is 0 Å². The summed E-state index contributed by atoms with van der Waals surface area (Å²) in [6.07, 6.45) is 0. The molecule has 2 aromatic carbocycles. The van der Waals surface area contributed by atoms with E-state index in [1.54, 1.807) is 6.07 Å². The normalized spacial score (nSPS) is 12.5. The zero-order chi connectivity index (χ0) is 16.4. The Bertz CT molecular complexity index is 642. The summed E-state index contributed by atoms with van der Waals surface area (Å²) in [5, 5.41) is 0.388. The van der Waals surface area contributed by atoms with E-state index >= 15 is 0 Å². The summed E-state index contributed by atoms with van der Waals surface area (Å²) in [6.45, 7) is 0. The Morgan fingerprint density at radius 3 is 1.91 bits per heavy atom. The zero-order valence-corrected chi connectivity index (χ0v) is 14.5. The predicted octanol–water partition coefficient (Wildman–Crippen LogP) is 6.36. The fourth-order valence-corrected chi connectivity index (χ4v) is 3.40. The van der Waals surface area contributed by atoms with E-state index < -0.39 is 23.0 Å². The number of halogens is 6. The predicted molar refractivity (Wildman–Crippen MR) is 85.9 cm³/mol. The SMILES string of the molecule is FC(F)(c1ccccc1)C(F)(F)c1cccc(CBr)c1CBr. The van der Waals surface area contributed by atoms with Crippen molar-refractivity contribution in [2.24, 2.45) is 0 Å². The average Bonchev–Trinajstić information content (AvgIpc) is 2.54. The molecule has 0 amide bonds. The van der Waals surface area contributed by atoms with Gasteiger partial charge in [0, 0.05) is 21.8 Å². The second-order valence-corrected chi connectivity index (χ2v) is 5.85. The van der Waals surface area contributed by atoms with Gasteiger partial charge < -0.3 is 0 Å². The maximum atomic E-state index is 14.6. The molecule has 22 heavy (non-hydrogen) atoms. The van der Waals surface area contributed by atoms with Crippen LogP contribution in [-0.2, 0) is 22.5 Å². The van der Waals surface area contributed by atoms with Gasteiger partial charge in [-0.1, -0.05) is 80.4 Å². The maximum Gasteiger partial charge on any atom is 0.340 e. The Morgan fingerprint density at radius 1 is 0.727 bits per heavy atom. The van der Waals surface area contributed by atoms with Crippen LogP contribution >= 0.6 is 31.9 Å². The van der Waals surface area contributed by atoms with Crippen molar-refractivity contribution in [3.05, 3.63) is 70.8 Å². The molecule has 0 unspecified atom stereocenters. The molecule has 0 aliphatic heterocycles. The van der Waals surface area contributed by atoms with Crippen molar-refractivity contribution in [2.45, 2.75) is 22.5 Å². The average molecular weight is 440 g/mol. The summed E-state index contributed by atoms with van der Waals surface area (Å²) in [5.74, 6) is -8.61. The van der Waals surface area contributed by atoms with Crippen LogP contribution in [0.3, 0.4) is 0 Å². The van der Waals surface area contributed by atoms with E-state index in [2.05, 4.69) is 31.9 Å². The van der Waals surface area contributed by atoms with Crippen LogP contribution in [0.5, 0.6) is 0 Å². The first-order valence-corrected chi connectivity index (χ1v) is 8.65. The summed E-state index contributed by atoms with van der Waals surface area (Å²) in [6, 6.07) is 10.2. The highest BCUT2D eigenvalue weighted by molar-refractivity contribution is 9.09. The molecule has 6 heteroatoms. The van der Waals surface area contributed by atoms with Crippen LogP contribution in [0.4, 0.5) is 17.6 Å². The van der Waals surface area contributed by atoms with E-state index in [1.165, 1.54) is 24.3 Å². The van der Waals surface area contributed by atoms with Gasteiger partial charge in [-0.2, -0.15) is 17.6 Å². The van der Waals surface area contributed by atoms with E-state index in [0.29, 0.717) is 10.9 Å². The Labute approximate surface area is 142 Å². The molecule has 0 aliphatic rings. The van der Waals surface area contributed by atoms with Gasteiger partial charge in [-0.3, -0.25) is 0 Å². The third-order valence-electron chi connectivity index (χ3n) is 3.42. The van der Waals surface area contributed by atoms with Crippen LogP contribution in [0, 0.1) is 0 Å². The molecule has 0 radical (unpaired) electrons. The molecule has 118 valence electrons. The van der Waals surface area contributed by atoms with Gasteiger partial charge in [0.05, 0.1) is 0 Å². The lowest BCUT2D eigenvalue weighted by molar-refractivity contribution is -0.224.